The molecule has 28 heavy (non-hydrogen) atoms. The molecule has 1 aromatic carbocycles. The van der Waals surface area contributed by atoms with Gasteiger partial charge < -0.3 is 5.32 Å². The van der Waals surface area contributed by atoms with Gasteiger partial charge in [-0.1, -0.05) is 26.0 Å². The highest BCUT2D eigenvalue weighted by Crippen LogP contribution is 2.30. The van der Waals surface area contributed by atoms with Crippen LogP contribution in [0.4, 0.5) is 0 Å². The first-order valence-electron chi connectivity index (χ1n) is 9.54. The van der Waals surface area contributed by atoms with E-state index in [-0.39, 0.29) is 36.3 Å². The van der Waals surface area contributed by atoms with Gasteiger partial charge in [-0.25, -0.2) is 0 Å². The molecule has 0 aromatic heterocycles. The number of benzene rings is 1. The third-order valence-corrected chi connectivity index (χ3v) is 4.55. The third-order valence-electron chi connectivity index (χ3n) is 4.55. The van der Waals surface area contributed by atoms with Gasteiger partial charge in [0.15, 0.2) is 0 Å². The lowest BCUT2D eigenvalue weighted by Crippen LogP contribution is -2.54. The first-order valence-corrected chi connectivity index (χ1v) is 9.54. The Labute approximate surface area is 163 Å². The molecule has 3 rings (SSSR count). The number of rotatable bonds is 5. The van der Waals surface area contributed by atoms with E-state index in [1.807, 2.05) is 20.8 Å². The molecular weight excluding hydrogens is 362 g/mol. The average Bonchev–Trinajstić information content (AvgIpc) is 2.94. The van der Waals surface area contributed by atoms with Crippen LogP contribution in [0.15, 0.2) is 18.2 Å². The number of hydrogen-bond donors (Lipinski definition) is 2. The van der Waals surface area contributed by atoms with E-state index in [0.29, 0.717) is 18.5 Å². The van der Waals surface area contributed by atoms with E-state index < -0.39 is 29.7 Å². The Bertz CT molecular complexity index is 818. The second kappa shape index (κ2) is 9.25. The number of fused-ring (bicyclic) bond motifs is 1. The summed E-state index contributed by atoms with van der Waals surface area (Å²) in [6.45, 7) is 6.34. The Morgan fingerprint density at radius 2 is 1.89 bits per heavy atom. The van der Waals surface area contributed by atoms with Crippen molar-refractivity contribution in [2.45, 2.75) is 52.5 Å². The zero-order valence-electron chi connectivity index (χ0n) is 16.3. The van der Waals surface area contributed by atoms with E-state index in [1.165, 1.54) is 6.07 Å². The number of piperidine rings is 1. The second-order valence-corrected chi connectivity index (χ2v) is 6.24. The van der Waals surface area contributed by atoms with E-state index in [1.54, 1.807) is 12.1 Å². The summed E-state index contributed by atoms with van der Waals surface area (Å²) in [7, 11) is 0. The predicted octanol–water partition coefficient (Wildman–Crippen LogP) is 1.18. The fraction of sp³-hybridized carbons (Fsp3) is 0.450. The lowest BCUT2D eigenvalue weighted by atomic mass is 9.99. The monoisotopic (exact) mass is 387 g/mol. The van der Waals surface area contributed by atoms with Crippen LogP contribution in [-0.4, -0.2) is 47.0 Å². The van der Waals surface area contributed by atoms with Crippen molar-refractivity contribution >= 4 is 29.5 Å². The number of carbonyl (C=O) groups excluding carboxylic acids is 5. The normalized spacial score (nSPS) is 18.2. The highest BCUT2D eigenvalue weighted by molar-refractivity contribution is 6.24. The standard InChI is InChI=1S/C18H19N3O5.C2H6/c1-2-19-13(22)8-6-10-4-3-5-11-15(10)18(26)21(17(11)25)12-7-9-14(23)20-16(12)24;1-2/h3-5,12H,2,6-9H2,1H3,(H,19,22)(H,20,23,24);1-2H3. The summed E-state index contributed by atoms with van der Waals surface area (Å²) in [5, 5.41) is 4.85. The molecule has 1 fully saturated rings. The van der Waals surface area contributed by atoms with Crippen LogP contribution in [0.2, 0.25) is 0 Å². The minimum atomic E-state index is -0.989. The van der Waals surface area contributed by atoms with E-state index in [4.69, 9.17) is 0 Å². The molecule has 0 aliphatic carbocycles. The van der Waals surface area contributed by atoms with Gasteiger partial charge in [-0.15, -0.1) is 0 Å². The highest BCUT2D eigenvalue weighted by atomic mass is 16.2. The molecule has 8 nitrogen and oxygen atoms in total. The van der Waals surface area contributed by atoms with Gasteiger partial charge in [-0.2, -0.15) is 0 Å². The first kappa shape index (κ1) is 21.3. The molecular formula is C20H25N3O5. The molecule has 0 saturated carbocycles. The molecule has 0 bridgehead atoms. The molecule has 2 heterocycles. The fourth-order valence-corrected chi connectivity index (χ4v) is 3.33. The topological polar surface area (TPSA) is 113 Å². The van der Waals surface area contributed by atoms with Gasteiger partial charge in [0, 0.05) is 19.4 Å². The summed E-state index contributed by atoms with van der Waals surface area (Å²) < 4.78 is 0. The summed E-state index contributed by atoms with van der Waals surface area (Å²) in [6.07, 6.45) is 0.708. The van der Waals surface area contributed by atoms with Gasteiger partial charge in [0.05, 0.1) is 11.1 Å². The Kier molecular flexibility index (Phi) is 7.03. The van der Waals surface area contributed by atoms with Gasteiger partial charge >= 0.3 is 0 Å². The molecule has 2 N–H and O–H groups in total. The fourth-order valence-electron chi connectivity index (χ4n) is 3.33. The van der Waals surface area contributed by atoms with Crippen LogP contribution < -0.4 is 10.6 Å². The van der Waals surface area contributed by atoms with Gasteiger partial charge in [0.1, 0.15) is 6.04 Å². The lowest BCUT2D eigenvalue weighted by Gasteiger charge is -2.27. The second-order valence-electron chi connectivity index (χ2n) is 6.24. The minimum absolute atomic E-state index is 0.0772. The molecule has 1 atom stereocenters. The van der Waals surface area contributed by atoms with Crippen molar-refractivity contribution in [2.24, 2.45) is 0 Å². The number of carbonyl (C=O) groups is 5. The van der Waals surface area contributed by atoms with Crippen molar-refractivity contribution in [3.8, 4) is 0 Å². The van der Waals surface area contributed by atoms with Crippen molar-refractivity contribution < 1.29 is 24.0 Å². The number of nitrogens with zero attached hydrogens (tertiary/aromatic N) is 1. The summed E-state index contributed by atoms with van der Waals surface area (Å²) in [5.41, 5.74) is 1.07. The third kappa shape index (κ3) is 4.11. The van der Waals surface area contributed by atoms with E-state index in [0.717, 1.165) is 4.90 Å². The van der Waals surface area contributed by atoms with Crippen molar-refractivity contribution in [1.29, 1.82) is 0 Å². The maximum absolute atomic E-state index is 12.9. The molecule has 8 heteroatoms. The highest BCUT2D eigenvalue weighted by Gasteiger charge is 2.45. The van der Waals surface area contributed by atoms with Gasteiger partial charge in [0.2, 0.25) is 17.7 Å². The van der Waals surface area contributed by atoms with Gasteiger partial charge in [0.25, 0.3) is 11.8 Å². The summed E-state index contributed by atoms with van der Waals surface area (Å²) in [6, 6.07) is 3.91. The largest absolute Gasteiger partial charge is 0.356 e. The lowest BCUT2D eigenvalue weighted by molar-refractivity contribution is -0.136. The quantitative estimate of drug-likeness (QED) is 0.737. The Morgan fingerprint density at radius 1 is 1.18 bits per heavy atom. The maximum atomic E-state index is 12.9. The number of amides is 5. The zero-order chi connectivity index (χ0) is 20.8. The molecule has 5 amide bonds. The smallest absolute Gasteiger partial charge is 0.262 e. The first-order chi connectivity index (χ1) is 13.4. The van der Waals surface area contributed by atoms with E-state index in [2.05, 4.69) is 10.6 Å². The van der Waals surface area contributed by atoms with Gasteiger partial charge in [-0.3, -0.25) is 34.2 Å². The van der Waals surface area contributed by atoms with Crippen LogP contribution in [0, 0.1) is 0 Å². The van der Waals surface area contributed by atoms with Gasteiger partial charge in [-0.05, 0) is 31.4 Å². The Balaban J connectivity index is 0.00000136. The molecule has 0 spiro atoms. The Morgan fingerprint density at radius 3 is 2.54 bits per heavy atom. The van der Waals surface area contributed by atoms with Crippen molar-refractivity contribution in [2.75, 3.05) is 6.54 Å². The van der Waals surface area contributed by atoms with Crippen LogP contribution >= 0.6 is 0 Å². The predicted molar refractivity (Wildman–Crippen MR) is 101 cm³/mol. The molecule has 2 aliphatic heterocycles. The molecule has 2 aliphatic rings. The molecule has 1 aromatic rings. The van der Waals surface area contributed by atoms with Crippen molar-refractivity contribution in [1.82, 2.24) is 15.5 Å². The average molecular weight is 387 g/mol. The van der Waals surface area contributed by atoms with Crippen LogP contribution in [0.25, 0.3) is 0 Å². The number of hydrogen-bond acceptors (Lipinski definition) is 5. The Hall–Kier alpha value is -3.03. The maximum Gasteiger partial charge on any atom is 0.262 e. The van der Waals surface area contributed by atoms with E-state index in [9.17, 15) is 24.0 Å². The number of imide groups is 2. The molecule has 0 radical (unpaired) electrons. The SMILES string of the molecule is CC.CCNC(=O)CCc1cccc2c1C(=O)N(C1CCC(=O)NC1=O)C2=O. The molecule has 1 saturated heterocycles. The van der Waals surface area contributed by atoms with Crippen LogP contribution in [0.3, 0.4) is 0 Å². The minimum Gasteiger partial charge on any atom is -0.356 e. The number of nitrogens with one attached hydrogen (secondary N) is 2. The molecule has 150 valence electrons. The van der Waals surface area contributed by atoms with E-state index >= 15 is 0 Å². The van der Waals surface area contributed by atoms with Crippen molar-refractivity contribution in [3.63, 3.8) is 0 Å². The number of aryl methyl sites for hydroxylation is 1. The summed E-state index contributed by atoms with van der Waals surface area (Å²) >= 11 is 0. The summed E-state index contributed by atoms with van der Waals surface area (Å²) in [5.74, 6) is -2.28. The summed E-state index contributed by atoms with van der Waals surface area (Å²) in [4.78, 5) is 61.6. The van der Waals surface area contributed by atoms with Crippen LogP contribution in [0.1, 0.15) is 66.3 Å². The molecule has 1 unspecified atom stereocenters. The zero-order valence-corrected chi connectivity index (χ0v) is 16.3. The van der Waals surface area contributed by atoms with Crippen molar-refractivity contribution in [3.05, 3.63) is 34.9 Å². The van der Waals surface area contributed by atoms with Crippen LogP contribution in [0.5, 0.6) is 0 Å². The van der Waals surface area contributed by atoms with Crippen LogP contribution in [-0.2, 0) is 20.8 Å².